The molecule has 36 heavy (non-hydrogen) atoms. The van der Waals surface area contributed by atoms with Crippen LogP contribution in [0.2, 0.25) is 0 Å². The molecule has 0 aliphatic carbocycles. The molecule has 0 amide bonds. The lowest BCUT2D eigenvalue weighted by Gasteiger charge is -2.12. The van der Waals surface area contributed by atoms with Gasteiger partial charge >= 0.3 is 0 Å². The Morgan fingerprint density at radius 2 is 0.972 bits per heavy atom. The second kappa shape index (κ2) is 14.9. The van der Waals surface area contributed by atoms with Crippen molar-refractivity contribution in [1.82, 2.24) is 0 Å². The summed E-state index contributed by atoms with van der Waals surface area (Å²) in [5, 5.41) is 0. The van der Waals surface area contributed by atoms with E-state index in [-0.39, 0.29) is 0 Å². The van der Waals surface area contributed by atoms with Gasteiger partial charge in [0.15, 0.2) is 0 Å². The van der Waals surface area contributed by atoms with Gasteiger partial charge in [-0.25, -0.2) is 4.70 Å². The van der Waals surface area contributed by atoms with Crippen molar-refractivity contribution < 1.29 is 4.70 Å². The zero-order valence-electron chi connectivity index (χ0n) is 23.4. The van der Waals surface area contributed by atoms with Crippen molar-refractivity contribution in [2.45, 2.75) is 118 Å². The monoisotopic (exact) mass is 484 g/mol. The Morgan fingerprint density at radius 3 is 1.44 bits per heavy atom. The van der Waals surface area contributed by atoms with E-state index in [2.05, 4.69) is 76.2 Å². The molecule has 3 rings (SSSR count). The van der Waals surface area contributed by atoms with Crippen LogP contribution < -0.4 is 0 Å². The topological polar surface area (TPSA) is 25.3 Å². The van der Waals surface area contributed by atoms with Crippen molar-refractivity contribution in [1.29, 1.82) is 0 Å². The summed E-state index contributed by atoms with van der Waals surface area (Å²) in [7, 11) is 0. The van der Waals surface area contributed by atoms with Gasteiger partial charge in [0.2, 0.25) is 11.4 Å². The van der Waals surface area contributed by atoms with Gasteiger partial charge in [-0.05, 0) is 86.8 Å². The fourth-order valence-electron chi connectivity index (χ4n) is 5.38. The van der Waals surface area contributed by atoms with E-state index in [1.54, 1.807) is 4.70 Å². The van der Waals surface area contributed by atoms with Crippen molar-refractivity contribution in [2.24, 2.45) is 0 Å². The van der Waals surface area contributed by atoms with Crippen LogP contribution in [0.3, 0.4) is 0 Å². The van der Waals surface area contributed by atoms with Gasteiger partial charge in [-0.15, -0.1) is 0 Å². The second-order valence-corrected chi connectivity index (χ2v) is 10.5. The Balaban J connectivity index is 2.03. The molecule has 0 fully saturated rings. The molecular weight excluding hydrogens is 436 g/mol. The molecular formula is C34H48N2. The molecule has 0 spiro atoms. The molecule has 0 bridgehead atoms. The van der Waals surface area contributed by atoms with E-state index in [0.29, 0.717) is 0 Å². The maximum absolute atomic E-state index is 11.8. The predicted octanol–water partition coefficient (Wildman–Crippen LogP) is 10.7. The number of unbranched alkanes of at least 4 members (excludes halogenated alkanes) is 6. The van der Waals surface area contributed by atoms with E-state index in [0.717, 1.165) is 73.9 Å². The van der Waals surface area contributed by atoms with Crippen LogP contribution in [0.25, 0.3) is 16.9 Å². The number of rotatable bonds is 16. The van der Waals surface area contributed by atoms with Gasteiger partial charge in [0.1, 0.15) is 0 Å². The predicted molar refractivity (Wildman–Crippen MR) is 156 cm³/mol. The summed E-state index contributed by atoms with van der Waals surface area (Å²) in [4.78, 5) is 0. The summed E-state index contributed by atoms with van der Waals surface area (Å²) in [5.74, 6) is 0. The Labute approximate surface area is 221 Å². The van der Waals surface area contributed by atoms with Gasteiger partial charge in [-0.3, -0.25) is 0 Å². The van der Waals surface area contributed by atoms with E-state index in [1.807, 2.05) is 0 Å². The van der Waals surface area contributed by atoms with E-state index in [4.69, 9.17) is 0 Å². The molecule has 0 saturated carbocycles. The Bertz CT molecular complexity index is 1060. The molecule has 2 nitrogen and oxygen atoms in total. The molecule has 1 heterocycles. The van der Waals surface area contributed by atoms with E-state index < -0.39 is 0 Å². The van der Waals surface area contributed by atoms with Crippen LogP contribution >= 0.6 is 0 Å². The fraction of sp³-hybridized carbons (Fsp3) is 0.529. The average Bonchev–Trinajstić information content (AvgIpc) is 3.18. The summed E-state index contributed by atoms with van der Waals surface area (Å²) >= 11 is 0. The van der Waals surface area contributed by atoms with Gasteiger partial charge < -0.3 is 5.53 Å². The number of hydrogen-bond acceptors (Lipinski definition) is 0. The molecule has 0 aromatic heterocycles. The Kier molecular flexibility index (Phi) is 11.7. The standard InChI is InChI=1S/C34H48N2/c1-5-9-13-14-18-28-20-16-22-30(26-28)34-32(24-12-8-4)31(23-11-7-3)33(36(34)35)29-21-15-19-27(25-29)17-10-6-2/h15-16,19-22,25-26H,5-14,17-18,23-24H2,1-4H3. The number of hydrogen-bond donors (Lipinski definition) is 0. The molecule has 1 aliphatic heterocycles. The van der Waals surface area contributed by atoms with Crippen molar-refractivity contribution in [3.8, 4) is 0 Å². The first-order valence-corrected chi connectivity index (χ1v) is 14.8. The Morgan fingerprint density at radius 1 is 0.528 bits per heavy atom. The smallest absolute Gasteiger partial charge is 0.211 e. The Hall–Kier alpha value is -2.48. The van der Waals surface area contributed by atoms with Crippen LogP contribution in [-0.2, 0) is 12.8 Å². The van der Waals surface area contributed by atoms with Crippen LogP contribution in [0, 0.1) is 0 Å². The van der Waals surface area contributed by atoms with Gasteiger partial charge in [0, 0.05) is 22.3 Å². The van der Waals surface area contributed by atoms with Crippen molar-refractivity contribution in [3.63, 3.8) is 0 Å². The SMILES string of the molecule is CCCCCCc1cccc(C2=C(CCCC)C(CCCC)=C(c3cccc(CCCC)c3)[N+]2=[N-])c1. The molecule has 2 aromatic rings. The quantitative estimate of drug-likeness (QED) is 0.167. The fourth-order valence-corrected chi connectivity index (χ4v) is 5.38. The van der Waals surface area contributed by atoms with Crippen LogP contribution in [0.4, 0.5) is 0 Å². The lowest BCUT2D eigenvalue weighted by atomic mass is 9.91. The number of nitrogens with zero attached hydrogens (tertiary/aromatic N) is 2. The molecule has 0 saturated heterocycles. The van der Waals surface area contributed by atoms with Crippen molar-refractivity contribution in [3.05, 3.63) is 87.5 Å². The van der Waals surface area contributed by atoms with Gasteiger partial charge in [0.25, 0.3) is 0 Å². The van der Waals surface area contributed by atoms with E-state index >= 15 is 0 Å². The zero-order valence-corrected chi connectivity index (χ0v) is 23.4. The summed E-state index contributed by atoms with van der Waals surface area (Å²) in [6, 6.07) is 17.8. The first kappa shape index (κ1) is 28.1. The maximum atomic E-state index is 11.8. The first-order valence-electron chi connectivity index (χ1n) is 14.8. The van der Waals surface area contributed by atoms with Gasteiger partial charge in [-0.2, -0.15) is 0 Å². The highest BCUT2D eigenvalue weighted by atomic mass is 15.2. The highest BCUT2D eigenvalue weighted by molar-refractivity contribution is 5.82. The van der Waals surface area contributed by atoms with Gasteiger partial charge in [0.05, 0.1) is 0 Å². The van der Waals surface area contributed by atoms with Crippen LogP contribution in [0.5, 0.6) is 0 Å². The molecule has 0 radical (unpaired) electrons. The van der Waals surface area contributed by atoms with Crippen molar-refractivity contribution in [2.75, 3.05) is 0 Å². The minimum atomic E-state index is 1.01. The zero-order chi connectivity index (χ0) is 25.8. The average molecular weight is 485 g/mol. The van der Waals surface area contributed by atoms with Gasteiger partial charge in [-0.1, -0.05) is 90.5 Å². The molecule has 0 unspecified atom stereocenters. The summed E-state index contributed by atoms with van der Waals surface area (Å²) in [5.41, 5.74) is 21.6. The highest BCUT2D eigenvalue weighted by Gasteiger charge is 2.35. The third-order valence-corrected chi connectivity index (χ3v) is 7.46. The molecule has 2 heteroatoms. The number of allylic oxidation sites excluding steroid dienone is 2. The second-order valence-electron chi connectivity index (χ2n) is 10.5. The third kappa shape index (κ3) is 7.28. The number of aryl methyl sites for hydroxylation is 2. The van der Waals surface area contributed by atoms with E-state index in [1.165, 1.54) is 60.8 Å². The highest BCUT2D eigenvalue weighted by Crippen LogP contribution is 2.44. The number of benzene rings is 2. The minimum absolute atomic E-state index is 1.01. The molecule has 194 valence electrons. The van der Waals surface area contributed by atoms with Crippen LogP contribution in [-0.4, -0.2) is 4.70 Å². The summed E-state index contributed by atoms with van der Waals surface area (Å²) < 4.78 is 1.55. The third-order valence-electron chi connectivity index (χ3n) is 7.46. The first-order chi connectivity index (χ1) is 17.6. The lowest BCUT2D eigenvalue weighted by molar-refractivity contribution is -0.345. The molecule has 0 atom stereocenters. The minimum Gasteiger partial charge on any atom is -0.493 e. The summed E-state index contributed by atoms with van der Waals surface area (Å²) in [6.45, 7) is 9.03. The lowest BCUT2D eigenvalue weighted by Crippen LogP contribution is -2.03. The molecule has 0 N–H and O–H groups in total. The maximum Gasteiger partial charge on any atom is 0.211 e. The van der Waals surface area contributed by atoms with Crippen molar-refractivity contribution >= 4 is 11.4 Å². The molecule has 1 aliphatic rings. The largest absolute Gasteiger partial charge is 0.493 e. The normalized spacial score (nSPS) is 13.8. The molecule has 2 aromatic carbocycles. The van der Waals surface area contributed by atoms with Crippen LogP contribution in [0.1, 0.15) is 127 Å². The van der Waals surface area contributed by atoms with E-state index in [9.17, 15) is 5.53 Å². The van der Waals surface area contributed by atoms with Crippen LogP contribution in [0.15, 0.2) is 59.7 Å². The summed E-state index contributed by atoms with van der Waals surface area (Å²) in [6.07, 6.45) is 16.3.